The molecule has 33 heavy (non-hydrogen) atoms. The Morgan fingerprint density at radius 3 is 2.58 bits per heavy atom. The molecule has 0 bridgehead atoms. The number of aliphatic hydroxyl groups is 1. The number of phenols is 2. The number of rotatable bonds is 2. The molecule has 4 aliphatic rings. The minimum Gasteiger partial charge on any atom is -0.508 e. The maximum absolute atomic E-state index is 12.9. The van der Waals surface area contributed by atoms with Gasteiger partial charge in [0.25, 0.3) is 0 Å². The van der Waals surface area contributed by atoms with Crippen molar-refractivity contribution in [1.29, 1.82) is 0 Å². The van der Waals surface area contributed by atoms with Gasteiger partial charge >= 0.3 is 5.97 Å². The maximum Gasteiger partial charge on any atom is 0.308 e. The highest BCUT2D eigenvalue weighted by Gasteiger charge is 2.47. The molecule has 2 unspecified atom stereocenters. The predicted molar refractivity (Wildman–Crippen MR) is 118 cm³/mol. The van der Waals surface area contributed by atoms with Crippen molar-refractivity contribution < 1.29 is 34.4 Å². The second-order valence-corrected chi connectivity index (χ2v) is 9.41. The zero-order valence-electron chi connectivity index (χ0n) is 18.1. The van der Waals surface area contributed by atoms with Crippen LogP contribution in [0.1, 0.15) is 77.2 Å². The number of ether oxygens (including phenoxy) is 2. The van der Waals surface area contributed by atoms with E-state index in [0.717, 1.165) is 16.7 Å². The molecule has 6 rings (SSSR count). The molecule has 2 aromatic rings. The summed E-state index contributed by atoms with van der Waals surface area (Å²) in [7, 11) is 0. The summed E-state index contributed by atoms with van der Waals surface area (Å²) in [4.78, 5) is 24.8. The number of Topliss-reactive ketones (excluding diaryl/α,β-unsaturated/α-hetero) is 1. The smallest absolute Gasteiger partial charge is 0.308 e. The minimum atomic E-state index is -0.876. The molecular weight excluding hydrogens is 424 g/mol. The van der Waals surface area contributed by atoms with Crippen LogP contribution in [0.4, 0.5) is 0 Å². The molecule has 5 atom stereocenters. The monoisotopic (exact) mass is 448 g/mol. The van der Waals surface area contributed by atoms with E-state index in [-0.39, 0.29) is 66.2 Å². The number of ketones is 1. The molecule has 3 N–H and O–H groups in total. The van der Waals surface area contributed by atoms with Crippen LogP contribution in [0.5, 0.6) is 11.5 Å². The van der Waals surface area contributed by atoms with Gasteiger partial charge in [0.1, 0.15) is 17.6 Å². The lowest BCUT2D eigenvalue weighted by molar-refractivity contribution is -0.165. The molecule has 1 fully saturated rings. The molecule has 2 aromatic carbocycles. The zero-order valence-corrected chi connectivity index (χ0v) is 18.1. The van der Waals surface area contributed by atoms with Gasteiger partial charge in [-0.2, -0.15) is 0 Å². The van der Waals surface area contributed by atoms with E-state index in [1.807, 2.05) is 13.0 Å². The summed E-state index contributed by atoms with van der Waals surface area (Å²) >= 11 is 0. The Kier molecular flexibility index (Phi) is 4.44. The Morgan fingerprint density at radius 1 is 0.970 bits per heavy atom. The van der Waals surface area contributed by atoms with Crippen molar-refractivity contribution in [3.8, 4) is 11.5 Å². The van der Waals surface area contributed by atoms with E-state index in [9.17, 15) is 24.9 Å². The van der Waals surface area contributed by atoms with Gasteiger partial charge in [-0.15, -0.1) is 0 Å². The Hall–Kier alpha value is -3.16. The molecule has 7 nitrogen and oxygen atoms in total. The van der Waals surface area contributed by atoms with Crippen LogP contribution in [0.15, 0.2) is 30.3 Å². The van der Waals surface area contributed by atoms with Gasteiger partial charge in [0.05, 0.1) is 30.3 Å². The normalized spacial score (nSPS) is 29.9. The van der Waals surface area contributed by atoms with E-state index >= 15 is 0 Å². The topological polar surface area (TPSA) is 113 Å². The molecule has 3 aliphatic carbocycles. The van der Waals surface area contributed by atoms with E-state index in [4.69, 9.17) is 9.47 Å². The van der Waals surface area contributed by atoms with Gasteiger partial charge in [0.15, 0.2) is 5.78 Å². The van der Waals surface area contributed by atoms with E-state index < -0.39 is 12.2 Å². The Bertz CT molecular complexity index is 1240. The molecule has 0 radical (unpaired) electrons. The maximum atomic E-state index is 12.9. The quantitative estimate of drug-likeness (QED) is 0.602. The molecule has 0 spiro atoms. The third kappa shape index (κ3) is 2.96. The molecule has 1 heterocycles. The molecule has 1 saturated heterocycles. The van der Waals surface area contributed by atoms with Crippen LogP contribution in [-0.2, 0) is 14.3 Å². The van der Waals surface area contributed by atoms with E-state index in [1.165, 1.54) is 6.07 Å². The summed E-state index contributed by atoms with van der Waals surface area (Å²) in [6.07, 6.45) is -1.01. The second kappa shape index (κ2) is 7.17. The number of phenolic OH excluding ortho intramolecular Hbond substituents is 2. The van der Waals surface area contributed by atoms with Gasteiger partial charge in [-0.25, -0.2) is 0 Å². The van der Waals surface area contributed by atoms with Crippen LogP contribution in [0.3, 0.4) is 0 Å². The third-order valence-corrected chi connectivity index (χ3v) is 7.31. The Labute approximate surface area is 190 Å². The van der Waals surface area contributed by atoms with E-state index in [2.05, 4.69) is 0 Å². The van der Waals surface area contributed by atoms with Crippen LogP contribution >= 0.6 is 0 Å². The molecule has 7 heteroatoms. The first-order chi connectivity index (χ1) is 15.8. The number of esters is 1. The van der Waals surface area contributed by atoms with Crippen molar-refractivity contribution in [3.05, 3.63) is 58.1 Å². The summed E-state index contributed by atoms with van der Waals surface area (Å²) < 4.78 is 11.5. The molecular formula is C26H24O7. The summed E-state index contributed by atoms with van der Waals surface area (Å²) in [6.45, 7) is 1.82. The number of aromatic hydroxyl groups is 2. The number of allylic oxidation sites excluding steroid dienone is 1. The summed E-state index contributed by atoms with van der Waals surface area (Å²) in [5.41, 5.74) is 4.65. The third-order valence-electron chi connectivity index (χ3n) is 7.31. The zero-order chi connectivity index (χ0) is 23.0. The molecule has 170 valence electrons. The number of carbonyl (C=O) groups excluding carboxylic acids is 2. The first-order valence-electron chi connectivity index (χ1n) is 11.3. The lowest BCUT2D eigenvalue weighted by Gasteiger charge is -2.35. The van der Waals surface area contributed by atoms with Crippen LogP contribution < -0.4 is 0 Å². The fourth-order valence-corrected chi connectivity index (χ4v) is 6.11. The van der Waals surface area contributed by atoms with Gasteiger partial charge in [-0.05, 0) is 46.9 Å². The average molecular weight is 448 g/mol. The highest BCUT2D eigenvalue weighted by Crippen LogP contribution is 2.60. The number of benzene rings is 2. The second-order valence-electron chi connectivity index (χ2n) is 9.41. The van der Waals surface area contributed by atoms with Crippen molar-refractivity contribution in [2.45, 2.75) is 62.9 Å². The summed E-state index contributed by atoms with van der Waals surface area (Å²) in [5.74, 6) is -0.713. The van der Waals surface area contributed by atoms with Gasteiger partial charge in [0.2, 0.25) is 0 Å². The number of hydrogen-bond donors (Lipinski definition) is 3. The Balaban J connectivity index is 1.50. The minimum absolute atomic E-state index is 0.0621. The van der Waals surface area contributed by atoms with Crippen molar-refractivity contribution in [3.63, 3.8) is 0 Å². The van der Waals surface area contributed by atoms with Crippen molar-refractivity contribution in [1.82, 2.24) is 0 Å². The lowest BCUT2D eigenvalue weighted by Crippen LogP contribution is -2.35. The van der Waals surface area contributed by atoms with E-state index in [1.54, 1.807) is 18.2 Å². The highest BCUT2D eigenvalue weighted by molar-refractivity contribution is 6.14. The number of fused-ring (bicyclic) bond motifs is 4. The molecule has 0 aromatic heterocycles. The van der Waals surface area contributed by atoms with Crippen molar-refractivity contribution in [2.24, 2.45) is 0 Å². The van der Waals surface area contributed by atoms with Gasteiger partial charge < -0.3 is 24.8 Å². The summed E-state index contributed by atoms with van der Waals surface area (Å²) in [5, 5.41) is 32.5. The van der Waals surface area contributed by atoms with Gasteiger partial charge in [-0.3, -0.25) is 9.59 Å². The first kappa shape index (κ1) is 20.4. The van der Waals surface area contributed by atoms with Gasteiger partial charge in [-0.1, -0.05) is 18.2 Å². The van der Waals surface area contributed by atoms with Crippen molar-refractivity contribution >= 4 is 22.9 Å². The number of carbonyl (C=O) groups is 2. The van der Waals surface area contributed by atoms with Crippen LogP contribution in [-0.4, -0.2) is 45.4 Å². The number of hydrogen-bond acceptors (Lipinski definition) is 7. The lowest BCUT2D eigenvalue weighted by atomic mass is 9.77. The van der Waals surface area contributed by atoms with Crippen LogP contribution in [0.25, 0.3) is 11.1 Å². The standard InChI is InChI=1S/C26H24O7/c1-11-7-12(8-21(31)32-11)33-20-10-19(30)26-22-14-3-2-4-16(27)23(14)18(29)9-15(22)13-5-6-17(28)25(20)24(13)26/h2-6,11-12,15,19-20,27-28,30H,7-10H2,1H3/t11?,12?,15-,19+,20+/m1/s1. The molecule has 1 aliphatic heterocycles. The van der Waals surface area contributed by atoms with Gasteiger partial charge in [0, 0.05) is 30.7 Å². The van der Waals surface area contributed by atoms with Crippen molar-refractivity contribution in [2.75, 3.05) is 0 Å². The average Bonchev–Trinajstić information content (AvgIpc) is 3.07. The predicted octanol–water partition coefficient (Wildman–Crippen LogP) is 3.61. The van der Waals surface area contributed by atoms with Crippen LogP contribution in [0.2, 0.25) is 0 Å². The number of cyclic esters (lactones) is 1. The van der Waals surface area contributed by atoms with E-state index in [0.29, 0.717) is 23.1 Å². The molecule has 0 amide bonds. The van der Waals surface area contributed by atoms with Crippen LogP contribution in [0, 0.1) is 0 Å². The Morgan fingerprint density at radius 2 is 1.79 bits per heavy atom. The summed E-state index contributed by atoms with van der Waals surface area (Å²) in [6, 6.07) is 8.42. The fourth-order valence-electron chi connectivity index (χ4n) is 6.11. The number of aliphatic hydroxyl groups excluding tert-OH is 1. The SMILES string of the molecule is CC1CC(O[C@H]2C[C@H](O)C3=C4c5cccc(O)c5C(=O)C[C@@H]4c4ccc(O)c2c43)CC(=O)O1. The highest BCUT2D eigenvalue weighted by atomic mass is 16.6. The largest absolute Gasteiger partial charge is 0.508 e. The fraction of sp³-hybridized carbons (Fsp3) is 0.385. The molecule has 0 saturated carbocycles. The first-order valence-corrected chi connectivity index (χ1v) is 11.3.